The molecule has 0 unspecified atom stereocenters. The Labute approximate surface area is 128 Å². The van der Waals surface area contributed by atoms with Gasteiger partial charge in [-0.05, 0) is 35.3 Å². The Bertz CT molecular complexity index is 624. The molecule has 0 aliphatic carbocycles. The minimum atomic E-state index is 0.205. The maximum atomic E-state index is 4.51. The summed E-state index contributed by atoms with van der Waals surface area (Å²) in [4.78, 5) is 0. The van der Waals surface area contributed by atoms with Gasteiger partial charge < -0.3 is 5.32 Å². The maximum absolute atomic E-state index is 4.51. The van der Waals surface area contributed by atoms with Gasteiger partial charge in [0.05, 0.1) is 15.9 Å². The third kappa shape index (κ3) is 2.21. The zero-order valence-electron chi connectivity index (χ0n) is 12.2. The Morgan fingerprint density at radius 2 is 1.90 bits per heavy atom. The summed E-state index contributed by atoms with van der Waals surface area (Å²) in [6.45, 7) is 6.25. The van der Waals surface area contributed by atoms with Crippen LogP contribution in [0.4, 0.5) is 0 Å². The van der Waals surface area contributed by atoms with Crippen molar-refractivity contribution in [2.24, 2.45) is 7.05 Å². The number of hydrogen-bond donors (Lipinski definition) is 1. The van der Waals surface area contributed by atoms with Gasteiger partial charge in [-0.2, -0.15) is 5.10 Å². The van der Waals surface area contributed by atoms with E-state index in [1.54, 1.807) is 0 Å². The number of benzene rings is 1. The molecule has 0 bridgehead atoms. The molecule has 1 aromatic heterocycles. The van der Waals surface area contributed by atoms with Crippen LogP contribution in [0.3, 0.4) is 0 Å². The van der Waals surface area contributed by atoms with E-state index in [-0.39, 0.29) is 5.41 Å². The lowest BCUT2D eigenvalue weighted by atomic mass is 9.71. The second-order valence-corrected chi connectivity index (χ2v) is 6.69. The van der Waals surface area contributed by atoms with Gasteiger partial charge in [0.15, 0.2) is 0 Å². The van der Waals surface area contributed by atoms with Crippen molar-refractivity contribution >= 4 is 15.9 Å². The van der Waals surface area contributed by atoms with Crippen molar-refractivity contribution in [2.75, 3.05) is 13.1 Å². The van der Waals surface area contributed by atoms with Crippen molar-refractivity contribution in [1.29, 1.82) is 0 Å². The Morgan fingerprint density at radius 1 is 1.25 bits per heavy atom. The molecule has 1 N–H and O–H groups in total. The Balaban J connectivity index is 1.96. The molecule has 0 atom stereocenters. The summed E-state index contributed by atoms with van der Waals surface area (Å²) in [6.07, 6.45) is 1.01. The summed E-state index contributed by atoms with van der Waals surface area (Å²) in [5.41, 5.74) is 5.29. The van der Waals surface area contributed by atoms with Gasteiger partial charge in [-0.3, -0.25) is 4.68 Å². The van der Waals surface area contributed by atoms with Crippen LogP contribution in [-0.2, 0) is 18.9 Å². The Hall–Kier alpha value is -1.13. The molecule has 106 valence electrons. The molecule has 1 aliphatic rings. The molecule has 1 fully saturated rings. The smallest absolute Gasteiger partial charge is 0.0738 e. The number of aromatic nitrogens is 2. The fraction of sp³-hybridized carbons (Fsp3) is 0.438. The number of hydrogen-bond acceptors (Lipinski definition) is 2. The molecule has 1 aliphatic heterocycles. The number of rotatable bonds is 3. The van der Waals surface area contributed by atoms with Crippen LogP contribution in [0.1, 0.15) is 22.5 Å². The van der Waals surface area contributed by atoms with Crippen molar-refractivity contribution in [3.05, 3.63) is 51.3 Å². The molecule has 1 aromatic carbocycles. The largest absolute Gasteiger partial charge is 0.315 e. The van der Waals surface area contributed by atoms with Crippen molar-refractivity contribution < 1.29 is 0 Å². The third-order valence-electron chi connectivity index (χ3n) is 4.36. The number of halogens is 1. The number of nitrogens with zero attached hydrogens (tertiary/aromatic N) is 2. The summed E-state index contributed by atoms with van der Waals surface area (Å²) in [5.74, 6) is 0. The minimum Gasteiger partial charge on any atom is -0.315 e. The van der Waals surface area contributed by atoms with Crippen LogP contribution in [0.15, 0.2) is 28.7 Å². The molecule has 2 heterocycles. The lowest BCUT2D eigenvalue weighted by Gasteiger charge is -2.43. The molecule has 3 rings (SSSR count). The summed E-state index contributed by atoms with van der Waals surface area (Å²) in [5, 5.41) is 7.95. The van der Waals surface area contributed by atoms with E-state index < -0.39 is 0 Å². The van der Waals surface area contributed by atoms with Gasteiger partial charge in [-0.25, -0.2) is 0 Å². The zero-order valence-corrected chi connectivity index (χ0v) is 13.8. The highest BCUT2D eigenvalue weighted by molar-refractivity contribution is 9.10. The Morgan fingerprint density at radius 3 is 2.35 bits per heavy atom. The second-order valence-electron chi connectivity index (χ2n) is 5.90. The summed E-state index contributed by atoms with van der Waals surface area (Å²) < 4.78 is 3.16. The van der Waals surface area contributed by atoms with Crippen LogP contribution >= 0.6 is 15.9 Å². The fourth-order valence-corrected chi connectivity index (χ4v) is 3.43. The Kier molecular flexibility index (Phi) is 3.46. The molecule has 0 radical (unpaired) electrons. The van der Waals surface area contributed by atoms with Crippen LogP contribution in [-0.4, -0.2) is 22.9 Å². The molecule has 20 heavy (non-hydrogen) atoms. The van der Waals surface area contributed by atoms with Crippen LogP contribution in [0.2, 0.25) is 0 Å². The average molecular weight is 334 g/mol. The first kappa shape index (κ1) is 13.8. The second kappa shape index (κ2) is 5.01. The highest BCUT2D eigenvalue weighted by Gasteiger charge is 2.40. The van der Waals surface area contributed by atoms with Crippen LogP contribution in [0.5, 0.6) is 0 Å². The highest BCUT2D eigenvalue weighted by atomic mass is 79.9. The van der Waals surface area contributed by atoms with E-state index in [1.807, 2.05) is 18.7 Å². The predicted octanol–water partition coefficient (Wildman–Crippen LogP) is 2.88. The highest BCUT2D eigenvalue weighted by Crippen LogP contribution is 2.35. The summed E-state index contributed by atoms with van der Waals surface area (Å²) in [7, 11) is 2.03. The quantitative estimate of drug-likeness (QED) is 0.935. The average Bonchev–Trinajstić information content (AvgIpc) is 2.61. The number of aryl methyl sites for hydroxylation is 3. The van der Waals surface area contributed by atoms with Crippen molar-refractivity contribution in [2.45, 2.75) is 25.7 Å². The third-order valence-corrected chi connectivity index (χ3v) is 5.39. The van der Waals surface area contributed by atoms with Crippen LogP contribution in [0, 0.1) is 13.8 Å². The van der Waals surface area contributed by atoms with Crippen LogP contribution < -0.4 is 5.32 Å². The van der Waals surface area contributed by atoms with E-state index in [0.29, 0.717) is 0 Å². The van der Waals surface area contributed by atoms with Gasteiger partial charge in [-0.15, -0.1) is 0 Å². The van der Waals surface area contributed by atoms with Crippen molar-refractivity contribution in [3.8, 4) is 0 Å². The SMILES string of the molecule is Cc1ccc(C2(Cc3c(Br)c(C)nn3C)CNC2)cc1. The standard InChI is InChI=1S/C16H20BrN3/c1-11-4-6-13(7-5-11)16(9-18-10-16)8-14-15(17)12(2)19-20(14)3/h4-7,18H,8-10H2,1-3H3. The predicted molar refractivity (Wildman–Crippen MR) is 85.1 cm³/mol. The monoisotopic (exact) mass is 333 g/mol. The van der Waals surface area contributed by atoms with Gasteiger partial charge in [0.25, 0.3) is 0 Å². The molecular weight excluding hydrogens is 314 g/mol. The molecular formula is C16H20BrN3. The fourth-order valence-electron chi connectivity index (χ4n) is 2.96. The summed E-state index contributed by atoms with van der Waals surface area (Å²) >= 11 is 3.69. The van der Waals surface area contributed by atoms with E-state index in [1.165, 1.54) is 16.8 Å². The number of nitrogens with one attached hydrogen (secondary N) is 1. The lowest BCUT2D eigenvalue weighted by molar-refractivity contribution is 0.269. The zero-order chi connectivity index (χ0) is 14.3. The van der Waals surface area contributed by atoms with Gasteiger partial charge in [0, 0.05) is 32.0 Å². The molecule has 1 saturated heterocycles. The molecule has 0 spiro atoms. The van der Waals surface area contributed by atoms with Gasteiger partial charge >= 0.3 is 0 Å². The van der Waals surface area contributed by atoms with Gasteiger partial charge in [-0.1, -0.05) is 29.8 Å². The van der Waals surface area contributed by atoms with E-state index >= 15 is 0 Å². The minimum absolute atomic E-state index is 0.205. The summed E-state index contributed by atoms with van der Waals surface area (Å²) in [6, 6.07) is 8.96. The molecule has 2 aromatic rings. The van der Waals surface area contributed by atoms with Crippen molar-refractivity contribution in [1.82, 2.24) is 15.1 Å². The maximum Gasteiger partial charge on any atom is 0.0738 e. The first-order chi connectivity index (χ1) is 9.52. The molecule has 3 nitrogen and oxygen atoms in total. The van der Waals surface area contributed by atoms with Gasteiger partial charge in [0.1, 0.15) is 0 Å². The molecule has 4 heteroatoms. The topological polar surface area (TPSA) is 29.9 Å². The first-order valence-electron chi connectivity index (χ1n) is 6.98. The van der Waals surface area contributed by atoms with E-state index in [0.717, 1.165) is 29.7 Å². The van der Waals surface area contributed by atoms with E-state index in [9.17, 15) is 0 Å². The molecule has 0 amide bonds. The molecule has 0 saturated carbocycles. The van der Waals surface area contributed by atoms with Crippen LogP contribution in [0.25, 0.3) is 0 Å². The van der Waals surface area contributed by atoms with E-state index in [4.69, 9.17) is 0 Å². The first-order valence-corrected chi connectivity index (χ1v) is 7.77. The van der Waals surface area contributed by atoms with Gasteiger partial charge in [0.2, 0.25) is 0 Å². The lowest BCUT2D eigenvalue weighted by Crippen LogP contribution is -2.58. The normalized spacial score (nSPS) is 17.0. The van der Waals surface area contributed by atoms with E-state index in [2.05, 4.69) is 57.5 Å². The van der Waals surface area contributed by atoms with Crippen molar-refractivity contribution in [3.63, 3.8) is 0 Å².